The Labute approximate surface area is 122 Å². The van der Waals surface area contributed by atoms with Gasteiger partial charge in [-0.1, -0.05) is 33.8 Å². The molecular weight excluding hydrogens is 253 g/mol. The van der Waals surface area contributed by atoms with Crippen LogP contribution in [0.15, 0.2) is 18.2 Å². The predicted molar refractivity (Wildman–Crippen MR) is 82.6 cm³/mol. The topological polar surface area (TPSA) is 21.3 Å². The molecule has 1 rings (SSSR count). The van der Waals surface area contributed by atoms with Gasteiger partial charge in [0, 0.05) is 13.2 Å². The number of rotatable bonds is 6. The summed E-state index contributed by atoms with van der Waals surface area (Å²) in [5.74, 6) is -0.176. The summed E-state index contributed by atoms with van der Waals surface area (Å²) in [6.45, 7) is 11.5. The number of benzene rings is 1. The van der Waals surface area contributed by atoms with E-state index in [4.69, 9.17) is 4.74 Å². The Balaban J connectivity index is 2.96. The lowest BCUT2D eigenvalue weighted by Gasteiger charge is -2.36. The average Bonchev–Trinajstić information content (AvgIpc) is 2.32. The van der Waals surface area contributed by atoms with Gasteiger partial charge in [-0.25, -0.2) is 4.39 Å². The van der Waals surface area contributed by atoms with Crippen LogP contribution in [0.3, 0.4) is 0 Å². The fraction of sp³-hybridized carbons (Fsp3) is 0.647. The van der Waals surface area contributed by atoms with E-state index in [9.17, 15) is 4.39 Å². The number of aryl methyl sites for hydroxylation is 1. The van der Waals surface area contributed by atoms with Crippen LogP contribution in [-0.2, 0) is 11.2 Å². The molecule has 20 heavy (non-hydrogen) atoms. The molecule has 0 saturated carbocycles. The van der Waals surface area contributed by atoms with Crippen molar-refractivity contribution in [2.24, 2.45) is 5.41 Å². The van der Waals surface area contributed by atoms with Crippen LogP contribution >= 0.6 is 0 Å². The van der Waals surface area contributed by atoms with Gasteiger partial charge in [-0.15, -0.1) is 0 Å². The minimum Gasteiger partial charge on any atom is -0.379 e. The van der Waals surface area contributed by atoms with E-state index in [1.807, 2.05) is 13.0 Å². The standard InChI is InChI=1S/C17H28FNO/c1-7-19-15(16(20-6)17(3,4)5)11-13-8-9-14(18)10-12(13)2/h8-10,15-16,19H,7,11H2,1-6H3. The molecule has 114 valence electrons. The Morgan fingerprint density at radius 3 is 2.40 bits per heavy atom. The molecule has 0 heterocycles. The van der Waals surface area contributed by atoms with Gasteiger partial charge in [0.15, 0.2) is 0 Å². The van der Waals surface area contributed by atoms with Crippen LogP contribution in [0.4, 0.5) is 4.39 Å². The van der Waals surface area contributed by atoms with Crippen molar-refractivity contribution in [1.82, 2.24) is 5.32 Å². The summed E-state index contributed by atoms with van der Waals surface area (Å²) in [5.41, 5.74) is 2.22. The van der Waals surface area contributed by atoms with Crippen molar-refractivity contribution in [3.63, 3.8) is 0 Å². The Bertz CT molecular complexity index is 425. The maximum atomic E-state index is 13.2. The highest BCUT2D eigenvalue weighted by molar-refractivity contribution is 5.27. The van der Waals surface area contributed by atoms with Crippen molar-refractivity contribution in [3.8, 4) is 0 Å². The molecule has 1 aromatic carbocycles. The van der Waals surface area contributed by atoms with E-state index in [0.717, 1.165) is 18.5 Å². The number of nitrogens with one attached hydrogen (secondary N) is 1. The fourth-order valence-electron chi connectivity index (χ4n) is 2.80. The third kappa shape index (κ3) is 4.57. The minimum atomic E-state index is -0.176. The van der Waals surface area contributed by atoms with Crippen LogP contribution < -0.4 is 5.32 Å². The summed E-state index contributed by atoms with van der Waals surface area (Å²) in [5, 5.41) is 3.51. The van der Waals surface area contributed by atoms with Crippen LogP contribution in [0.5, 0.6) is 0 Å². The summed E-state index contributed by atoms with van der Waals surface area (Å²) < 4.78 is 18.9. The zero-order valence-corrected chi connectivity index (χ0v) is 13.6. The fourth-order valence-corrected chi connectivity index (χ4v) is 2.80. The zero-order valence-electron chi connectivity index (χ0n) is 13.6. The highest BCUT2D eigenvalue weighted by atomic mass is 19.1. The number of methoxy groups -OCH3 is 1. The lowest BCUT2D eigenvalue weighted by molar-refractivity contribution is -0.0106. The third-order valence-electron chi connectivity index (χ3n) is 3.68. The molecule has 1 N–H and O–H groups in total. The summed E-state index contributed by atoms with van der Waals surface area (Å²) in [6.07, 6.45) is 0.947. The Morgan fingerprint density at radius 2 is 1.95 bits per heavy atom. The number of ether oxygens (including phenoxy) is 1. The molecule has 0 aliphatic carbocycles. The highest BCUT2D eigenvalue weighted by Gasteiger charge is 2.32. The van der Waals surface area contributed by atoms with E-state index in [1.54, 1.807) is 13.2 Å². The molecule has 0 aliphatic heterocycles. The number of hydrogen-bond acceptors (Lipinski definition) is 2. The second-order valence-corrected chi connectivity index (χ2v) is 6.46. The first-order chi connectivity index (χ1) is 9.29. The van der Waals surface area contributed by atoms with E-state index in [2.05, 4.69) is 33.0 Å². The van der Waals surface area contributed by atoms with Crippen LogP contribution in [0, 0.1) is 18.2 Å². The summed E-state index contributed by atoms with van der Waals surface area (Å²) in [6, 6.07) is 5.22. The van der Waals surface area contributed by atoms with Crippen molar-refractivity contribution in [2.45, 2.75) is 53.2 Å². The first kappa shape index (κ1) is 17.1. The van der Waals surface area contributed by atoms with Crippen molar-refractivity contribution in [1.29, 1.82) is 0 Å². The number of likely N-dealkylation sites (N-methyl/N-ethyl adjacent to an activating group) is 1. The average molecular weight is 281 g/mol. The van der Waals surface area contributed by atoms with Gasteiger partial charge >= 0.3 is 0 Å². The summed E-state index contributed by atoms with van der Waals surface area (Å²) >= 11 is 0. The molecule has 0 aliphatic rings. The number of hydrogen-bond donors (Lipinski definition) is 1. The molecule has 0 bridgehead atoms. The first-order valence-electron chi connectivity index (χ1n) is 7.30. The lowest BCUT2D eigenvalue weighted by atomic mass is 9.82. The molecular formula is C17H28FNO. The van der Waals surface area contributed by atoms with E-state index in [-0.39, 0.29) is 23.4 Å². The third-order valence-corrected chi connectivity index (χ3v) is 3.68. The quantitative estimate of drug-likeness (QED) is 0.858. The van der Waals surface area contributed by atoms with Gasteiger partial charge in [-0.3, -0.25) is 0 Å². The van der Waals surface area contributed by atoms with Crippen molar-refractivity contribution >= 4 is 0 Å². The Kier molecular flexibility index (Phi) is 6.15. The normalized spacial score (nSPS) is 15.2. The van der Waals surface area contributed by atoms with Crippen LogP contribution in [0.1, 0.15) is 38.8 Å². The van der Waals surface area contributed by atoms with Crippen LogP contribution in [0.25, 0.3) is 0 Å². The molecule has 2 unspecified atom stereocenters. The molecule has 3 heteroatoms. The largest absolute Gasteiger partial charge is 0.379 e. The SMILES string of the molecule is CCNC(Cc1ccc(F)cc1C)C(OC)C(C)(C)C. The van der Waals surface area contributed by atoms with E-state index in [1.165, 1.54) is 11.6 Å². The highest BCUT2D eigenvalue weighted by Crippen LogP contribution is 2.27. The van der Waals surface area contributed by atoms with Gasteiger partial charge in [-0.2, -0.15) is 0 Å². The van der Waals surface area contributed by atoms with Gasteiger partial charge < -0.3 is 10.1 Å². The van der Waals surface area contributed by atoms with E-state index < -0.39 is 0 Å². The minimum absolute atomic E-state index is 0.0511. The molecule has 0 fully saturated rings. The molecule has 0 amide bonds. The lowest BCUT2D eigenvalue weighted by Crippen LogP contribution is -2.49. The van der Waals surface area contributed by atoms with Gasteiger partial charge in [0.25, 0.3) is 0 Å². The molecule has 2 atom stereocenters. The smallest absolute Gasteiger partial charge is 0.123 e. The first-order valence-corrected chi connectivity index (χ1v) is 7.30. The molecule has 1 aromatic rings. The molecule has 0 radical (unpaired) electrons. The van der Waals surface area contributed by atoms with Crippen LogP contribution in [-0.4, -0.2) is 25.8 Å². The predicted octanol–water partition coefficient (Wildman–Crippen LogP) is 3.72. The summed E-state index contributed by atoms with van der Waals surface area (Å²) in [4.78, 5) is 0. The molecule has 0 aromatic heterocycles. The maximum absolute atomic E-state index is 13.2. The van der Waals surface area contributed by atoms with Crippen molar-refractivity contribution in [2.75, 3.05) is 13.7 Å². The molecule has 0 saturated heterocycles. The van der Waals surface area contributed by atoms with Gasteiger partial charge in [0.1, 0.15) is 5.82 Å². The van der Waals surface area contributed by atoms with E-state index >= 15 is 0 Å². The van der Waals surface area contributed by atoms with Crippen molar-refractivity contribution in [3.05, 3.63) is 35.1 Å². The Morgan fingerprint density at radius 1 is 1.30 bits per heavy atom. The monoisotopic (exact) mass is 281 g/mol. The summed E-state index contributed by atoms with van der Waals surface area (Å²) in [7, 11) is 1.76. The Hall–Kier alpha value is -0.930. The molecule has 0 spiro atoms. The maximum Gasteiger partial charge on any atom is 0.123 e. The van der Waals surface area contributed by atoms with Crippen molar-refractivity contribution < 1.29 is 9.13 Å². The molecule has 2 nitrogen and oxygen atoms in total. The second kappa shape index (κ2) is 7.19. The second-order valence-electron chi connectivity index (χ2n) is 6.46. The zero-order chi connectivity index (χ0) is 15.3. The number of halogens is 1. The van der Waals surface area contributed by atoms with E-state index in [0.29, 0.717) is 0 Å². The van der Waals surface area contributed by atoms with Crippen LogP contribution in [0.2, 0.25) is 0 Å². The van der Waals surface area contributed by atoms with Gasteiger partial charge in [-0.05, 0) is 48.6 Å². The van der Waals surface area contributed by atoms with Gasteiger partial charge in [0.2, 0.25) is 0 Å². The van der Waals surface area contributed by atoms with Gasteiger partial charge in [0.05, 0.1) is 6.10 Å².